The number of fused-ring (bicyclic) bond motifs is 3. The summed E-state index contributed by atoms with van der Waals surface area (Å²) in [6.45, 7) is 1.12. The van der Waals surface area contributed by atoms with Gasteiger partial charge < -0.3 is 9.64 Å². The Bertz CT molecular complexity index is 489. The van der Waals surface area contributed by atoms with E-state index in [1.807, 2.05) is 17.0 Å². The molecule has 2 aliphatic heterocycles. The largest absolute Gasteiger partial charge is 0.483 e. The van der Waals surface area contributed by atoms with Crippen LogP contribution in [0.15, 0.2) is 23.3 Å². The molecule has 1 aromatic carbocycles. The number of anilines is 1. The summed E-state index contributed by atoms with van der Waals surface area (Å²) in [4.78, 5) is 2.01. The molecule has 0 aliphatic carbocycles. The number of benzene rings is 1. The van der Waals surface area contributed by atoms with Crippen molar-refractivity contribution in [3.8, 4) is 11.8 Å². The second kappa shape index (κ2) is 2.89. The van der Waals surface area contributed by atoms with Crippen molar-refractivity contribution in [2.24, 2.45) is 5.10 Å². The van der Waals surface area contributed by atoms with E-state index in [4.69, 9.17) is 10.00 Å². The van der Waals surface area contributed by atoms with Crippen LogP contribution in [0, 0.1) is 11.3 Å². The first-order valence-corrected chi connectivity index (χ1v) is 4.62. The third kappa shape index (κ3) is 1.12. The molecule has 1 N–H and O–H groups in total. The molecule has 0 spiro atoms. The Morgan fingerprint density at radius 1 is 1.53 bits per heavy atom. The summed E-state index contributed by atoms with van der Waals surface area (Å²) >= 11 is 0. The molecule has 0 fully saturated rings. The van der Waals surface area contributed by atoms with Gasteiger partial charge in [-0.2, -0.15) is 10.4 Å². The zero-order chi connectivity index (χ0) is 10.3. The number of hydrogen-bond acceptors (Lipinski definition) is 5. The van der Waals surface area contributed by atoms with Crippen LogP contribution in [-0.4, -0.2) is 19.1 Å². The normalized spacial score (nSPS) is 16.7. The Hall–Kier alpha value is -2.22. The minimum atomic E-state index is 0.478. The number of ether oxygens (including phenoxy) is 1. The number of rotatable bonds is 0. The molecule has 2 aliphatic rings. The van der Waals surface area contributed by atoms with E-state index in [9.17, 15) is 0 Å². The van der Waals surface area contributed by atoms with E-state index in [2.05, 4.69) is 16.6 Å². The monoisotopic (exact) mass is 200 g/mol. The van der Waals surface area contributed by atoms with Crippen LogP contribution in [0.2, 0.25) is 0 Å². The maximum absolute atomic E-state index is 8.82. The molecule has 0 unspecified atom stereocenters. The van der Waals surface area contributed by atoms with Crippen LogP contribution in [0.25, 0.3) is 0 Å². The van der Waals surface area contributed by atoms with E-state index in [1.54, 1.807) is 6.07 Å². The van der Waals surface area contributed by atoms with Crippen LogP contribution in [0.3, 0.4) is 0 Å². The van der Waals surface area contributed by atoms with E-state index < -0.39 is 0 Å². The van der Waals surface area contributed by atoms with E-state index >= 15 is 0 Å². The van der Waals surface area contributed by atoms with E-state index in [1.165, 1.54) is 0 Å². The molecular formula is C10H8N4O. The van der Waals surface area contributed by atoms with Crippen LogP contribution < -0.4 is 15.1 Å². The summed E-state index contributed by atoms with van der Waals surface area (Å²) in [6, 6.07) is 7.51. The Morgan fingerprint density at radius 2 is 2.47 bits per heavy atom. The van der Waals surface area contributed by atoms with Gasteiger partial charge in [-0.1, -0.05) is 0 Å². The molecule has 5 heteroatoms. The van der Waals surface area contributed by atoms with Gasteiger partial charge in [0.25, 0.3) is 0 Å². The second-order valence-electron chi connectivity index (χ2n) is 3.36. The third-order valence-electron chi connectivity index (χ3n) is 2.48. The molecule has 15 heavy (non-hydrogen) atoms. The van der Waals surface area contributed by atoms with Crippen LogP contribution in [0.1, 0.15) is 5.56 Å². The number of amidine groups is 1. The molecule has 3 rings (SSSR count). The van der Waals surface area contributed by atoms with Crippen molar-refractivity contribution in [1.82, 2.24) is 5.43 Å². The molecule has 0 saturated carbocycles. The van der Waals surface area contributed by atoms with Gasteiger partial charge in [-0.15, -0.1) is 0 Å². The SMILES string of the molecule is N#Cc1ccc2c(c1)N1CNN=C1CO2. The van der Waals surface area contributed by atoms with Gasteiger partial charge in [0.2, 0.25) is 0 Å². The second-order valence-corrected chi connectivity index (χ2v) is 3.36. The van der Waals surface area contributed by atoms with Crippen molar-refractivity contribution >= 4 is 11.5 Å². The third-order valence-corrected chi connectivity index (χ3v) is 2.48. The summed E-state index contributed by atoms with van der Waals surface area (Å²) in [7, 11) is 0. The molecule has 5 nitrogen and oxygen atoms in total. The summed E-state index contributed by atoms with van der Waals surface area (Å²) in [5.74, 6) is 1.66. The lowest BCUT2D eigenvalue weighted by Crippen LogP contribution is -2.36. The van der Waals surface area contributed by atoms with Gasteiger partial charge >= 0.3 is 0 Å². The predicted octanol–water partition coefficient (Wildman–Crippen LogP) is 0.631. The Labute approximate surface area is 86.6 Å². The first-order chi connectivity index (χ1) is 7.38. The maximum atomic E-state index is 8.82. The smallest absolute Gasteiger partial charge is 0.169 e. The molecular weight excluding hydrogens is 192 g/mol. The molecule has 0 aromatic heterocycles. The van der Waals surface area contributed by atoms with E-state index in [-0.39, 0.29) is 0 Å². The highest BCUT2D eigenvalue weighted by atomic mass is 16.5. The number of nitriles is 1. The van der Waals surface area contributed by atoms with Crippen LogP contribution in [0.4, 0.5) is 5.69 Å². The highest BCUT2D eigenvalue weighted by molar-refractivity contribution is 6.02. The zero-order valence-corrected chi connectivity index (χ0v) is 7.90. The van der Waals surface area contributed by atoms with Crippen molar-refractivity contribution in [2.75, 3.05) is 18.2 Å². The standard InChI is InChI=1S/C10H8N4O/c11-4-7-1-2-9-8(3-7)14-6-12-13-10(14)5-15-9/h1-3,12H,5-6H2. The van der Waals surface area contributed by atoms with Gasteiger partial charge in [0.05, 0.1) is 17.3 Å². The first-order valence-electron chi connectivity index (χ1n) is 4.62. The molecule has 0 amide bonds. The van der Waals surface area contributed by atoms with Gasteiger partial charge in [0.15, 0.2) is 5.84 Å². The minimum absolute atomic E-state index is 0.478. The summed E-state index contributed by atoms with van der Waals surface area (Å²) in [5.41, 5.74) is 4.43. The quantitative estimate of drug-likeness (QED) is 0.667. The molecule has 1 aromatic rings. The van der Waals surface area contributed by atoms with Crippen LogP contribution in [0.5, 0.6) is 5.75 Å². The van der Waals surface area contributed by atoms with Gasteiger partial charge in [0, 0.05) is 0 Å². The van der Waals surface area contributed by atoms with Gasteiger partial charge in [-0.25, -0.2) is 0 Å². The minimum Gasteiger partial charge on any atom is -0.483 e. The molecule has 0 radical (unpaired) electrons. The first kappa shape index (κ1) is 8.12. The highest BCUT2D eigenvalue weighted by Gasteiger charge is 2.27. The van der Waals surface area contributed by atoms with Crippen LogP contribution in [-0.2, 0) is 0 Å². The van der Waals surface area contributed by atoms with Gasteiger partial charge in [-0.3, -0.25) is 5.43 Å². The summed E-state index contributed by atoms with van der Waals surface area (Å²) in [5, 5.41) is 12.9. The Morgan fingerprint density at radius 3 is 3.33 bits per heavy atom. The van der Waals surface area contributed by atoms with Crippen molar-refractivity contribution in [3.63, 3.8) is 0 Å². The molecule has 0 atom stereocenters. The van der Waals surface area contributed by atoms with Crippen molar-refractivity contribution in [3.05, 3.63) is 23.8 Å². The van der Waals surface area contributed by atoms with Gasteiger partial charge in [0.1, 0.15) is 19.0 Å². The number of hydrogen-bond donors (Lipinski definition) is 1. The fraction of sp³-hybridized carbons (Fsp3) is 0.200. The van der Waals surface area contributed by atoms with Crippen LogP contribution >= 0.6 is 0 Å². The van der Waals surface area contributed by atoms with E-state index in [0.29, 0.717) is 18.8 Å². The zero-order valence-electron chi connectivity index (χ0n) is 7.90. The number of nitrogens with zero attached hydrogens (tertiary/aromatic N) is 3. The lowest BCUT2D eigenvalue weighted by molar-refractivity contribution is 0.368. The fourth-order valence-corrected chi connectivity index (χ4v) is 1.75. The topological polar surface area (TPSA) is 60.7 Å². The molecule has 0 bridgehead atoms. The lowest BCUT2D eigenvalue weighted by Gasteiger charge is -2.27. The predicted molar refractivity (Wildman–Crippen MR) is 54.6 cm³/mol. The van der Waals surface area contributed by atoms with Gasteiger partial charge in [-0.05, 0) is 18.2 Å². The van der Waals surface area contributed by atoms with Crippen molar-refractivity contribution in [1.29, 1.82) is 5.26 Å². The molecule has 0 saturated heterocycles. The number of hydrazone groups is 1. The summed E-state index contributed by atoms with van der Waals surface area (Å²) in [6.07, 6.45) is 0. The number of nitrogens with one attached hydrogen (secondary N) is 1. The van der Waals surface area contributed by atoms with Crippen molar-refractivity contribution < 1.29 is 4.74 Å². The van der Waals surface area contributed by atoms with Crippen molar-refractivity contribution in [2.45, 2.75) is 0 Å². The average molecular weight is 200 g/mol. The highest BCUT2D eigenvalue weighted by Crippen LogP contribution is 2.33. The Balaban J connectivity index is 2.12. The van der Waals surface area contributed by atoms with E-state index in [0.717, 1.165) is 17.3 Å². The average Bonchev–Trinajstić information content (AvgIpc) is 2.76. The Kier molecular flexibility index (Phi) is 1.56. The lowest BCUT2D eigenvalue weighted by atomic mass is 10.1. The summed E-state index contributed by atoms with van der Waals surface area (Å²) < 4.78 is 5.51. The fourth-order valence-electron chi connectivity index (χ4n) is 1.75. The molecule has 74 valence electrons. The maximum Gasteiger partial charge on any atom is 0.169 e. The molecule has 2 heterocycles.